The Bertz CT molecular complexity index is 1280. The molecule has 0 aliphatic carbocycles. The van der Waals surface area contributed by atoms with Crippen molar-refractivity contribution in [3.63, 3.8) is 0 Å². The fourth-order valence-corrected chi connectivity index (χ4v) is 4.58. The molecule has 3 aromatic rings. The first-order valence-corrected chi connectivity index (χ1v) is 11.6. The zero-order chi connectivity index (χ0) is 20.4. The second kappa shape index (κ2) is 7.81. The molecule has 8 heteroatoms. The number of aromatic nitrogens is 1. The van der Waals surface area contributed by atoms with E-state index in [0.717, 1.165) is 16.5 Å². The van der Waals surface area contributed by atoms with Crippen LogP contribution >= 0.6 is 11.8 Å². The van der Waals surface area contributed by atoms with Gasteiger partial charge in [-0.15, -0.1) is 0 Å². The van der Waals surface area contributed by atoms with Crippen LogP contribution in [0.15, 0.2) is 70.7 Å². The number of amides is 1. The number of nitrogens with one attached hydrogen (secondary N) is 1. The lowest BCUT2D eigenvalue weighted by atomic mass is 10.1. The van der Waals surface area contributed by atoms with Crippen molar-refractivity contribution in [3.05, 3.63) is 76.8 Å². The Morgan fingerprint density at radius 1 is 1.10 bits per heavy atom. The minimum absolute atomic E-state index is 0.0386. The summed E-state index contributed by atoms with van der Waals surface area (Å²) >= 11 is 1.25. The van der Waals surface area contributed by atoms with Gasteiger partial charge in [-0.2, -0.15) is 4.99 Å². The average Bonchev–Trinajstić information content (AvgIpc) is 2.99. The summed E-state index contributed by atoms with van der Waals surface area (Å²) in [7, 11) is -3.12. The molecular weight excluding hydrogens is 406 g/mol. The summed E-state index contributed by atoms with van der Waals surface area (Å²) in [6.45, 7) is 0. The lowest BCUT2D eigenvalue weighted by Crippen LogP contribution is -2.06. The predicted molar refractivity (Wildman–Crippen MR) is 118 cm³/mol. The van der Waals surface area contributed by atoms with Gasteiger partial charge in [-0.1, -0.05) is 24.3 Å². The van der Waals surface area contributed by atoms with Gasteiger partial charge in [0.1, 0.15) is 0 Å². The van der Waals surface area contributed by atoms with E-state index in [1.54, 1.807) is 36.5 Å². The molecule has 1 amide bonds. The van der Waals surface area contributed by atoms with Gasteiger partial charge in [0.15, 0.2) is 15.0 Å². The summed E-state index contributed by atoms with van der Waals surface area (Å²) in [6, 6.07) is 16.7. The summed E-state index contributed by atoms with van der Waals surface area (Å²) in [6.07, 6.45) is 4.74. The Balaban J connectivity index is 1.50. The molecule has 1 aliphatic heterocycles. The minimum Gasteiger partial charge on any atom is -0.334 e. The average molecular weight is 424 g/mol. The normalized spacial score (nSPS) is 15.7. The number of carbonyl (C=O) groups excluding carboxylic acids is 1. The number of anilines is 1. The van der Waals surface area contributed by atoms with E-state index in [2.05, 4.69) is 15.3 Å². The summed E-state index contributed by atoms with van der Waals surface area (Å²) in [5, 5.41) is 4.55. The number of fused-ring (bicyclic) bond motifs is 1. The SMILES string of the molecule is CS(=O)(=O)Cc1cccc(NC2=NC(=O)/C(=C\c3ccc4ncccc4c3)S2)c1. The molecule has 146 valence electrons. The Labute approximate surface area is 172 Å². The number of thioether (sulfide) groups is 1. The maximum absolute atomic E-state index is 12.3. The van der Waals surface area contributed by atoms with Gasteiger partial charge >= 0.3 is 0 Å². The molecule has 0 spiro atoms. The number of carbonyl (C=O) groups is 1. The molecule has 2 heterocycles. The van der Waals surface area contributed by atoms with Gasteiger partial charge in [-0.05, 0) is 59.3 Å². The molecule has 0 saturated carbocycles. The van der Waals surface area contributed by atoms with Gasteiger partial charge in [-0.3, -0.25) is 9.78 Å². The van der Waals surface area contributed by atoms with Crippen molar-refractivity contribution < 1.29 is 13.2 Å². The zero-order valence-electron chi connectivity index (χ0n) is 15.5. The van der Waals surface area contributed by atoms with Crippen LogP contribution in [-0.2, 0) is 20.4 Å². The van der Waals surface area contributed by atoms with E-state index in [9.17, 15) is 13.2 Å². The highest BCUT2D eigenvalue weighted by molar-refractivity contribution is 8.18. The second-order valence-corrected chi connectivity index (χ2v) is 9.85. The molecule has 0 fully saturated rings. The van der Waals surface area contributed by atoms with E-state index in [1.165, 1.54) is 18.0 Å². The molecule has 2 aromatic carbocycles. The van der Waals surface area contributed by atoms with E-state index < -0.39 is 9.84 Å². The Kier molecular flexibility index (Phi) is 5.21. The van der Waals surface area contributed by atoms with Crippen molar-refractivity contribution >= 4 is 55.3 Å². The van der Waals surface area contributed by atoms with Crippen molar-refractivity contribution in [2.45, 2.75) is 5.75 Å². The van der Waals surface area contributed by atoms with Crippen LogP contribution in [-0.4, -0.2) is 30.7 Å². The molecule has 0 unspecified atom stereocenters. The summed E-state index contributed by atoms with van der Waals surface area (Å²) in [4.78, 5) is 21.2. The predicted octanol–water partition coefficient (Wildman–Crippen LogP) is 3.86. The van der Waals surface area contributed by atoms with Gasteiger partial charge in [0.05, 0.1) is 16.2 Å². The van der Waals surface area contributed by atoms with Crippen LogP contribution in [0.3, 0.4) is 0 Å². The molecule has 29 heavy (non-hydrogen) atoms. The van der Waals surface area contributed by atoms with Crippen molar-refractivity contribution in [3.8, 4) is 0 Å². The topological polar surface area (TPSA) is 88.5 Å². The van der Waals surface area contributed by atoms with Crippen LogP contribution in [0.1, 0.15) is 11.1 Å². The van der Waals surface area contributed by atoms with E-state index in [0.29, 0.717) is 21.3 Å². The van der Waals surface area contributed by atoms with Gasteiger partial charge in [-0.25, -0.2) is 8.42 Å². The van der Waals surface area contributed by atoms with E-state index >= 15 is 0 Å². The van der Waals surface area contributed by atoms with Crippen LogP contribution in [0.4, 0.5) is 5.69 Å². The van der Waals surface area contributed by atoms with Crippen LogP contribution in [0, 0.1) is 0 Å². The summed E-state index contributed by atoms with van der Waals surface area (Å²) in [5.41, 5.74) is 3.15. The zero-order valence-corrected chi connectivity index (χ0v) is 17.1. The smallest absolute Gasteiger partial charge is 0.286 e. The van der Waals surface area contributed by atoms with Crippen LogP contribution in [0.2, 0.25) is 0 Å². The molecule has 0 atom stereocenters. The first kappa shape index (κ1) is 19.4. The molecule has 0 radical (unpaired) electrons. The lowest BCUT2D eigenvalue weighted by Gasteiger charge is -2.07. The van der Waals surface area contributed by atoms with Gasteiger partial charge in [0, 0.05) is 23.5 Å². The van der Waals surface area contributed by atoms with Crippen LogP contribution in [0.25, 0.3) is 17.0 Å². The second-order valence-electron chi connectivity index (χ2n) is 6.68. The molecular formula is C21H17N3O3S2. The van der Waals surface area contributed by atoms with Crippen molar-refractivity contribution in [1.29, 1.82) is 0 Å². The Hall–Kier alpha value is -2.97. The lowest BCUT2D eigenvalue weighted by molar-refractivity contribution is -0.113. The van der Waals surface area contributed by atoms with Crippen molar-refractivity contribution in [2.75, 3.05) is 11.6 Å². The molecule has 0 saturated heterocycles. The Morgan fingerprint density at radius 2 is 1.97 bits per heavy atom. The van der Waals surface area contributed by atoms with Gasteiger partial charge < -0.3 is 5.32 Å². The third kappa shape index (κ3) is 4.90. The quantitative estimate of drug-likeness (QED) is 0.641. The van der Waals surface area contributed by atoms with Crippen LogP contribution < -0.4 is 5.32 Å². The first-order valence-electron chi connectivity index (χ1n) is 8.77. The number of rotatable bonds is 4. The molecule has 0 bridgehead atoms. The third-order valence-electron chi connectivity index (χ3n) is 4.15. The van der Waals surface area contributed by atoms with E-state index in [-0.39, 0.29) is 11.7 Å². The van der Waals surface area contributed by atoms with E-state index in [1.807, 2.05) is 30.3 Å². The van der Waals surface area contributed by atoms with Gasteiger partial charge in [0.25, 0.3) is 5.91 Å². The molecule has 4 rings (SSSR count). The number of aliphatic imine (C=N–C) groups is 1. The number of hydrogen-bond donors (Lipinski definition) is 1. The van der Waals surface area contributed by atoms with E-state index in [4.69, 9.17) is 0 Å². The first-order chi connectivity index (χ1) is 13.9. The number of pyridine rings is 1. The van der Waals surface area contributed by atoms with Crippen molar-refractivity contribution in [1.82, 2.24) is 4.98 Å². The largest absolute Gasteiger partial charge is 0.334 e. The number of hydrogen-bond acceptors (Lipinski definition) is 6. The summed E-state index contributed by atoms with van der Waals surface area (Å²) < 4.78 is 23.0. The third-order valence-corrected chi connectivity index (χ3v) is 5.91. The highest BCUT2D eigenvalue weighted by Crippen LogP contribution is 2.30. The monoisotopic (exact) mass is 423 g/mol. The molecule has 6 nitrogen and oxygen atoms in total. The summed E-state index contributed by atoms with van der Waals surface area (Å²) in [5.74, 6) is -0.348. The molecule has 1 aromatic heterocycles. The minimum atomic E-state index is -3.12. The van der Waals surface area contributed by atoms with Crippen molar-refractivity contribution in [2.24, 2.45) is 4.99 Å². The van der Waals surface area contributed by atoms with Gasteiger partial charge in [0.2, 0.25) is 0 Å². The number of amidine groups is 1. The fourth-order valence-electron chi connectivity index (χ4n) is 2.96. The fraction of sp³-hybridized carbons (Fsp3) is 0.0952. The highest BCUT2D eigenvalue weighted by Gasteiger charge is 2.22. The number of nitrogens with zero attached hydrogens (tertiary/aromatic N) is 2. The molecule has 1 aliphatic rings. The number of benzene rings is 2. The van der Waals surface area contributed by atoms with Crippen LogP contribution in [0.5, 0.6) is 0 Å². The highest BCUT2D eigenvalue weighted by atomic mass is 32.2. The Morgan fingerprint density at radius 3 is 2.79 bits per heavy atom. The maximum atomic E-state index is 12.3. The molecule has 1 N–H and O–H groups in total. The number of sulfone groups is 1. The standard InChI is InChI=1S/C21H17N3O3S2/c1-29(26,27)13-15-4-2-6-17(11-15)23-21-24-20(25)19(28-21)12-14-7-8-18-16(10-14)5-3-9-22-18/h2-12H,13H2,1H3,(H,23,24,25)/b19-12+. The maximum Gasteiger partial charge on any atom is 0.286 e.